The van der Waals surface area contributed by atoms with Gasteiger partial charge in [-0.05, 0) is 30.9 Å². The Hall–Kier alpha value is -0.670. The van der Waals surface area contributed by atoms with Crippen LogP contribution in [0, 0.1) is 6.92 Å². The molecule has 0 radical (unpaired) electrons. The van der Waals surface area contributed by atoms with Crippen molar-refractivity contribution in [3.05, 3.63) is 29.6 Å². The van der Waals surface area contributed by atoms with Gasteiger partial charge < -0.3 is 4.57 Å². The predicted molar refractivity (Wildman–Crippen MR) is 77.3 cm³/mol. The normalized spacial score (nSPS) is 11.2. The molecule has 0 spiro atoms. The zero-order chi connectivity index (χ0) is 12.3. The molecular formula is C13H17ClN2S. The van der Waals surface area contributed by atoms with E-state index in [0.29, 0.717) is 5.88 Å². The van der Waals surface area contributed by atoms with Crippen LogP contribution in [0.4, 0.5) is 0 Å². The van der Waals surface area contributed by atoms with E-state index in [4.69, 9.17) is 11.6 Å². The third-order valence-electron chi connectivity index (χ3n) is 2.82. The zero-order valence-corrected chi connectivity index (χ0v) is 11.8. The largest absolute Gasteiger partial charge is 0.327 e. The number of rotatable bonds is 5. The molecule has 0 aliphatic carbocycles. The van der Waals surface area contributed by atoms with Crippen molar-refractivity contribution in [2.24, 2.45) is 0 Å². The number of alkyl halides is 1. The average Bonchev–Trinajstić information content (AvgIpc) is 2.64. The smallest absolute Gasteiger partial charge is 0.111 e. The lowest BCUT2D eigenvalue weighted by molar-refractivity contribution is 0.734. The summed E-state index contributed by atoms with van der Waals surface area (Å²) in [6.07, 6.45) is 2.97. The highest BCUT2D eigenvalue weighted by Gasteiger charge is 2.09. The number of benzene rings is 1. The van der Waals surface area contributed by atoms with E-state index >= 15 is 0 Å². The van der Waals surface area contributed by atoms with Gasteiger partial charge in [0.05, 0.1) is 11.0 Å². The molecule has 1 heterocycles. The second kappa shape index (κ2) is 5.78. The molecule has 0 aliphatic heterocycles. The standard InChI is InChI=1S/C13H17ClN2S/c1-10-3-4-11-12(9-10)16(7-8-17-2)13(15-11)5-6-14/h3-4,9H,5-8H2,1-2H3. The number of imidazole rings is 1. The third kappa shape index (κ3) is 2.78. The highest BCUT2D eigenvalue weighted by Crippen LogP contribution is 2.19. The molecule has 17 heavy (non-hydrogen) atoms. The van der Waals surface area contributed by atoms with Gasteiger partial charge in [0.1, 0.15) is 5.82 Å². The number of hydrogen-bond acceptors (Lipinski definition) is 2. The first kappa shape index (κ1) is 12.8. The van der Waals surface area contributed by atoms with Gasteiger partial charge in [-0.2, -0.15) is 11.8 Å². The Morgan fingerprint density at radius 1 is 1.41 bits per heavy atom. The fourth-order valence-corrected chi connectivity index (χ4v) is 2.52. The Morgan fingerprint density at radius 3 is 2.94 bits per heavy atom. The van der Waals surface area contributed by atoms with Crippen LogP contribution >= 0.6 is 23.4 Å². The van der Waals surface area contributed by atoms with Gasteiger partial charge in [0.25, 0.3) is 0 Å². The second-order valence-electron chi connectivity index (χ2n) is 4.10. The molecule has 2 aromatic rings. The predicted octanol–water partition coefficient (Wildman–Crippen LogP) is 3.49. The number of halogens is 1. The quantitative estimate of drug-likeness (QED) is 0.773. The van der Waals surface area contributed by atoms with Crippen molar-refractivity contribution in [3.8, 4) is 0 Å². The lowest BCUT2D eigenvalue weighted by Gasteiger charge is -2.07. The summed E-state index contributed by atoms with van der Waals surface area (Å²) in [6, 6.07) is 6.41. The van der Waals surface area contributed by atoms with Gasteiger partial charge in [-0.15, -0.1) is 11.6 Å². The first-order valence-corrected chi connectivity index (χ1v) is 7.69. The van der Waals surface area contributed by atoms with Crippen molar-refractivity contribution in [3.63, 3.8) is 0 Å². The van der Waals surface area contributed by atoms with Crippen LogP contribution in [0.25, 0.3) is 11.0 Å². The summed E-state index contributed by atoms with van der Waals surface area (Å²) in [6.45, 7) is 3.12. The summed E-state index contributed by atoms with van der Waals surface area (Å²) < 4.78 is 2.31. The van der Waals surface area contributed by atoms with Gasteiger partial charge in [0, 0.05) is 24.6 Å². The molecule has 0 unspecified atom stereocenters. The minimum absolute atomic E-state index is 0.627. The Bertz CT molecular complexity index is 507. The molecule has 0 aliphatic rings. The topological polar surface area (TPSA) is 17.8 Å². The van der Waals surface area contributed by atoms with Gasteiger partial charge in [0.2, 0.25) is 0 Å². The van der Waals surface area contributed by atoms with E-state index in [1.54, 1.807) is 0 Å². The maximum Gasteiger partial charge on any atom is 0.111 e. The van der Waals surface area contributed by atoms with E-state index in [9.17, 15) is 0 Å². The van der Waals surface area contributed by atoms with Gasteiger partial charge >= 0.3 is 0 Å². The molecule has 0 amide bonds. The summed E-state index contributed by atoms with van der Waals surface area (Å²) in [7, 11) is 0. The highest BCUT2D eigenvalue weighted by molar-refractivity contribution is 7.98. The lowest BCUT2D eigenvalue weighted by Crippen LogP contribution is -2.06. The molecule has 0 atom stereocenters. The van der Waals surface area contributed by atoms with Crippen LogP contribution in [0.5, 0.6) is 0 Å². The maximum atomic E-state index is 5.84. The molecule has 4 heteroatoms. The van der Waals surface area contributed by atoms with Crippen LogP contribution in [0.1, 0.15) is 11.4 Å². The molecule has 0 fully saturated rings. The number of hydrogen-bond donors (Lipinski definition) is 0. The van der Waals surface area contributed by atoms with Crippen molar-refractivity contribution in [1.29, 1.82) is 0 Å². The van der Waals surface area contributed by atoms with E-state index in [1.807, 2.05) is 11.8 Å². The van der Waals surface area contributed by atoms with E-state index in [0.717, 1.165) is 30.1 Å². The van der Waals surface area contributed by atoms with Crippen LogP contribution in [-0.2, 0) is 13.0 Å². The Kier molecular flexibility index (Phi) is 4.35. The van der Waals surface area contributed by atoms with E-state index in [-0.39, 0.29) is 0 Å². The van der Waals surface area contributed by atoms with E-state index in [1.165, 1.54) is 11.1 Å². The maximum absolute atomic E-state index is 5.84. The van der Waals surface area contributed by atoms with Crippen LogP contribution < -0.4 is 0 Å². The van der Waals surface area contributed by atoms with Gasteiger partial charge in [-0.25, -0.2) is 4.98 Å². The molecule has 2 nitrogen and oxygen atoms in total. The molecule has 0 bridgehead atoms. The van der Waals surface area contributed by atoms with Gasteiger partial charge in [0.15, 0.2) is 0 Å². The fourth-order valence-electron chi connectivity index (χ4n) is 1.99. The van der Waals surface area contributed by atoms with Crippen molar-refractivity contribution in [2.75, 3.05) is 17.9 Å². The fraction of sp³-hybridized carbons (Fsp3) is 0.462. The molecule has 0 saturated carbocycles. The minimum Gasteiger partial charge on any atom is -0.327 e. The van der Waals surface area contributed by atoms with Crippen molar-refractivity contribution >= 4 is 34.4 Å². The van der Waals surface area contributed by atoms with Crippen molar-refractivity contribution in [1.82, 2.24) is 9.55 Å². The van der Waals surface area contributed by atoms with Crippen LogP contribution in [0.15, 0.2) is 18.2 Å². The molecule has 0 saturated heterocycles. The van der Waals surface area contributed by atoms with Crippen molar-refractivity contribution in [2.45, 2.75) is 19.9 Å². The number of thioether (sulfide) groups is 1. The van der Waals surface area contributed by atoms with E-state index < -0.39 is 0 Å². The summed E-state index contributed by atoms with van der Waals surface area (Å²) >= 11 is 7.70. The summed E-state index contributed by atoms with van der Waals surface area (Å²) in [5, 5.41) is 0. The van der Waals surface area contributed by atoms with Crippen LogP contribution in [0.3, 0.4) is 0 Å². The molecule has 2 rings (SSSR count). The second-order valence-corrected chi connectivity index (χ2v) is 5.47. The highest BCUT2D eigenvalue weighted by atomic mass is 35.5. The first-order chi connectivity index (χ1) is 8.26. The monoisotopic (exact) mass is 268 g/mol. The number of nitrogens with zero attached hydrogens (tertiary/aromatic N) is 2. The SMILES string of the molecule is CSCCn1c(CCCl)nc2ccc(C)cc21. The average molecular weight is 269 g/mol. The van der Waals surface area contributed by atoms with Crippen LogP contribution in [-0.4, -0.2) is 27.4 Å². The summed E-state index contributed by atoms with van der Waals surface area (Å²) in [5.74, 6) is 2.84. The molecule has 92 valence electrons. The lowest BCUT2D eigenvalue weighted by atomic mass is 10.2. The number of fused-ring (bicyclic) bond motifs is 1. The number of aromatic nitrogens is 2. The van der Waals surface area contributed by atoms with Crippen molar-refractivity contribution < 1.29 is 0 Å². The summed E-state index contributed by atoms with van der Waals surface area (Å²) in [5.41, 5.74) is 3.59. The Balaban J connectivity index is 2.47. The first-order valence-electron chi connectivity index (χ1n) is 5.77. The summed E-state index contributed by atoms with van der Waals surface area (Å²) in [4.78, 5) is 4.67. The molecule has 1 aromatic heterocycles. The third-order valence-corrected chi connectivity index (χ3v) is 3.60. The zero-order valence-electron chi connectivity index (χ0n) is 10.2. The minimum atomic E-state index is 0.627. The Labute approximate surface area is 111 Å². The molecular weight excluding hydrogens is 252 g/mol. The van der Waals surface area contributed by atoms with Gasteiger partial charge in [-0.3, -0.25) is 0 Å². The van der Waals surface area contributed by atoms with Crippen LogP contribution in [0.2, 0.25) is 0 Å². The van der Waals surface area contributed by atoms with E-state index in [2.05, 4.69) is 40.9 Å². The molecule has 0 N–H and O–H groups in total. The Morgan fingerprint density at radius 2 is 2.24 bits per heavy atom. The number of aryl methyl sites for hydroxylation is 3. The molecule has 1 aromatic carbocycles. The van der Waals surface area contributed by atoms with Gasteiger partial charge in [-0.1, -0.05) is 6.07 Å².